The van der Waals surface area contributed by atoms with Crippen molar-refractivity contribution in [2.45, 2.75) is 37.1 Å². The quantitative estimate of drug-likeness (QED) is 0.789. The van der Waals surface area contributed by atoms with E-state index >= 15 is 0 Å². The lowest BCUT2D eigenvalue weighted by Gasteiger charge is -2.15. The van der Waals surface area contributed by atoms with Crippen LogP contribution in [0.1, 0.15) is 36.1 Å². The molecule has 2 nitrogen and oxygen atoms in total. The number of carbonyl (C=O) groups is 1. The second-order valence-electron chi connectivity index (χ2n) is 5.91. The number of fused-ring (bicyclic) bond motifs is 1. The summed E-state index contributed by atoms with van der Waals surface area (Å²) in [5.41, 5.74) is 4.10. The Morgan fingerprint density at radius 2 is 1.91 bits per heavy atom. The van der Waals surface area contributed by atoms with Crippen molar-refractivity contribution in [1.82, 2.24) is 5.32 Å². The van der Waals surface area contributed by atoms with Gasteiger partial charge in [0.1, 0.15) is 0 Å². The van der Waals surface area contributed by atoms with E-state index in [1.54, 1.807) is 0 Å². The fraction of sp³-hybridized carbons (Fsp3) is 0.316. The van der Waals surface area contributed by atoms with Crippen LogP contribution in [0.15, 0.2) is 47.4 Å². The Morgan fingerprint density at radius 1 is 1.17 bits per heavy atom. The van der Waals surface area contributed by atoms with Crippen LogP contribution in [-0.4, -0.2) is 11.7 Å². The predicted octanol–water partition coefficient (Wildman–Crippen LogP) is 4.80. The summed E-state index contributed by atoms with van der Waals surface area (Å²) in [6.45, 7) is 2.04. The summed E-state index contributed by atoms with van der Waals surface area (Å²) >= 11 is 7.39. The summed E-state index contributed by atoms with van der Waals surface area (Å²) in [6, 6.07) is 14.2. The summed E-state index contributed by atoms with van der Waals surface area (Å²) in [5.74, 6) is 0.467. The van der Waals surface area contributed by atoms with Crippen LogP contribution in [0, 0.1) is 0 Å². The van der Waals surface area contributed by atoms with E-state index in [4.69, 9.17) is 11.6 Å². The third-order valence-corrected chi connectivity index (χ3v) is 5.45. The standard InChI is InChI=1S/C19H20ClNOS/c1-13(15-6-5-14-3-2-4-16(14)11-15)21-19(22)12-23-18-9-7-17(20)8-10-18/h5-11,13H,2-4,12H2,1H3,(H,21,22). The highest BCUT2D eigenvalue weighted by Gasteiger charge is 2.15. The molecule has 2 aromatic carbocycles. The van der Waals surface area contributed by atoms with Gasteiger partial charge in [0.2, 0.25) is 5.91 Å². The lowest BCUT2D eigenvalue weighted by Crippen LogP contribution is -2.28. The van der Waals surface area contributed by atoms with Gasteiger partial charge in [-0.05, 0) is 67.1 Å². The van der Waals surface area contributed by atoms with Crippen LogP contribution in [0.2, 0.25) is 5.02 Å². The minimum absolute atomic E-state index is 0.0409. The van der Waals surface area contributed by atoms with Gasteiger partial charge in [-0.15, -0.1) is 11.8 Å². The van der Waals surface area contributed by atoms with Crippen molar-refractivity contribution in [3.63, 3.8) is 0 Å². The molecule has 0 heterocycles. The number of nitrogens with one attached hydrogen (secondary N) is 1. The van der Waals surface area contributed by atoms with Gasteiger partial charge in [-0.25, -0.2) is 0 Å². The summed E-state index contributed by atoms with van der Waals surface area (Å²) in [4.78, 5) is 13.2. The molecular weight excluding hydrogens is 326 g/mol. The lowest BCUT2D eigenvalue weighted by molar-refractivity contribution is -0.119. The summed E-state index contributed by atoms with van der Waals surface area (Å²) in [5, 5.41) is 3.80. The van der Waals surface area contributed by atoms with E-state index in [0.717, 1.165) is 11.3 Å². The van der Waals surface area contributed by atoms with E-state index in [0.29, 0.717) is 10.8 Å². The highest BCUT2D eigenvalue weighted by Crippen LogP contribution is 2.25. The van der Waals surface area contributed by atoms with Gasteiger partial charge in [0, 0.05) is 9.92 Å². The lowest BCUT2D eigenvalue weighted by atomic mass is 10.0. The molecule has 0 fully saturated rings. The van der Waals surface area contributed by atoms with E-state index in [-0.39, 0.29) is 11.9 Å². The van der Waals surface area contributed by atoms with Crippen molar-refractivity contribution < 1.29 is 4.79 Å². The number of thioether (sulfide) groups is 1. The van der Waals surface area contributed by atoms with E-state index in [2.05, 4.69) is 23.5 Å². The second kappa shape index (κ2) is 7.41. The first-order valence-corrected chi connectivity index (χ1v) is 9.27. The topological polar surface area (TPSA) is 29.1 Å². The Balaban J connectivity index is 1.54. The van der Waals surface area contributed by atoms with Crippen LogP contribution < -0.4 is 5.32 Å². The molecule has 0 radical (unpaired) electrons. The van der Waals surface area contributed by atoms with Crippen molar-refractivity contribution in [3.05, 3.63) is 64.2 Å². The maximum atomic E-state index is 12.1. The molecule has 2 aromatic rings. The first-order valence-electron chi connectivity index (χ1n) is 7.91. The van der Waals surface area contributed by atoms with Gasteiger partial charge in [-0.1, -0.05) is 29.8 Å². The van der Waals surface area contributed by atoms with Crippen LogP contribution in [0.4, 0.5) is 0 Å². The highest BCUT2D eigenvalue weighted by atomic mass is 35.5. The molecule has 0 aliphatic heterocycles. The molecule has 0 aromatic heterocycles. The minimum atomic E-state index is 0.0409. The number of aryl methyl sites for hydroxylation is 2. The van der Waals surface area contributed by atoms with E-state index in [1.165, 1.54) is 41.3 Å². The Labute approximate surface area is 146 Å². The zero-order chi connectivity index (χ0) is 16.2. The molecular formula is C19H20ClNOS. The summed E-state index contributed by atoms with van der Waals surface area (Å²) in [7, 11) is 0. The molecule has 1 aliphatic carbocycles. The monoisotopic (exact) mass is 345 g/mol. The number of hydrogen-bond acceptors (Lipinski definition) is 2. The van der Waals surface area contributed by atoms with Crippen molar-refractivity contribution >= 4 is 29.3 Å². The smallest absolute Gasteiger partial charge is 0.230 e. The molecule has 0 bridgehead atoms. The molecule has 1 atom stereocenters. The molecule has 120 valence electrons. The first-order chi connectivity index (χ1) is 11.1. The number of hydrogen-bond donors (Lipinski definition) is 1. The maximum absolute atomic E-state index is 12.1. The number of rotatable bonds is 5. The van der Waals surface area contributed by atoms with Crippen molar-refractivity contribution in [3.8, 4) is 0 Å². The van der Waals surface area contributed by atoms with Crippen LogP contribution in [0.5, 0.6) is 0 Å². The molecule has 23 heavy (non-hydrogen) atoms. The average Bonchev–Trinajstić information content (AvgIpc) is 3.02. The first kappa shape index (κ1) is 16.4. The zero-order valence-corrected chi connectivity index (χ0v) is 14.7. The largest absolute Gasteiger partial charge is 0.349 e. The predicted molar refractivity (Wildman–Crippen MR) is 97.2 cm³/mol. The Kier molecular flexibility index (Phi) is 5.29. The molecule has 0 spiro atoms. The van der Waals surface area contributed by atoms with Crippen molar-refractivity contribution in [1.29, 1.82) is 0 Å². The fourth-order valence-corrected chi connectivity index (χ4v) is 3.74. The van der Waals surface area contributed by atoms with Crippen LogP contribution in [0.3, 0.4) is 0 Å². The van der Waals surface area contributed by atoms with Gasteiger partial charge in [-0.2, -0.15) is 0 Å². The maximum Gasteiger partial charge on any atom is 0.230 e. The number of benzene rings is 2. The van der Waals surface area contributed by atoms with Gasteiger partial charge in [0.25, 0.3) is 0 Å². The van der Waals surface area contributed by atoms with Crippen molar-refractivity contribution in [2.75, 3.05) is 5.75 Å². The summed E-state index contributed by atoms with van der Waals surface area (Å²) < 4.78 is 0. The van der Waals surface area contributed by atoms with Gasteiger partial charge >= 0.3 is 0 Å². The molecule has 4 heteroatoms. The Bertz CT molecular complexity index is 699. The number of amides is 1. The Hall–Kier alpha value is -1.45. The molecule has 1 amide bonds. The van der Waals surface area contributed by atoms with Crippen LogP contribution >= 0.6 is 23.4 Å². The van der Waals surface area contributed by atoms with Gasteiger partial charge in [0.15, 0.2) is 0 Å². The van der Waals surface area contributed by atoms with Gasteiger partial charge < -0.3 is 5.32 Å². The minimum Gasteiger partial charge on any atom is -0.349 e. The number of halogens is 1. The van der Waals surface area contributed by atoms with E-state index in [9.17, 15) is 4.79 Å². The van der Waals surface area contributed by atoms with Crippen molar-refractivity contribution in [2.24, 2.45) is 0 Å². The van der Waals surface area contributed by atoms with Crippen LogP contribution in [-0.2, 0) is 17.6 Å². The normalized spacial score (nSPS) is 14.3. The van der Waals surface area contributed by atoms with E-state index < -0.39 is 0 Å². The van der Waals surface area contributed by atoms with Gasteiger partial charge in [-0.3, -0.25) is 4.79 Å². The molecule has 0 saturated heterocycles. The molecule has 1 aliphatic rings. The molecule has 0 saturated carbocycles. The number of carbonyl (C=O) groups excluding carboxylic acids is 1. The Morgan fingerprint density at radius 3 is 2.70 bits per heavy atom. The zero-order valence-electron chi connectivity index (χ0n) is 13.1. The SMILES string of the molecule is CC(NC(=O)CSc1ccc(Cl)cc1)c1ccc2c(c1)CCC2. The summed E-state index contributed by atoms with van der Waals surface area (Å²) in [6.07, 6.45) is 3.60. The molecule has 3 rings (SSSR count). The fourth-order valence-electron chi connectivity index (χ4n) is 2.91. The van der Waals surface area contributed by atoms with E-state index in [1.807, 2.05) is 31.2 Å². The average molecular weight is 346 g/mol. The molecule has 1 unspecified atom stereocenters. The third-order valence-electron chi connectivity index (χ3n) is 4.18. The van der Waals surface area contributed by atoms with Crippen LogP contribution in [0.25, 0.3) is 0 Å². The second-order valence-corrected chi connectivity index (χ2v) is 7.40. The third kappa shape index (κ3) is 4.30. The highest BCUT2D eigenvalue weighted by molar-refractivity contribution is 8.00. The molecule has 1 N–H and O–H groups in total. The van der Waals surface area contributed by atoms with Gasteiger partial charge in [0.05, 0.1) is 11.8 Å².